The Morgan fingerprint density at radius 2 is 1.97 bits per heavy atom. The number of nitrogens with zero attached hydrogens (tertiary/aromatic N) is 5. The smallest absolute Gasteiger partial charge is 0.283 e. The van der Waals surface area contributed by atoms with Crippen LogP contribution in [-0.2, 0) is 17.9 Å². The Balaban J connectivity index is 1.56. The molecule has 4 aromatic rings. The standard InChI is InChI=1S/C21H19FN6O2/c1-13-7-8-17(14(2)9-13)24-18(29)11-27-12-23-20-19(21(27)30)25-26-28(20)10-15-5-3-4-6-16(15)22/h3-9,12H,10-11H2,1-2H3,(H,24,29). The molecule has 2 aromatic heterocycles. The molecule has 1 amide bonds. The molecule has 2 heterocycles. The van der Waals surface area contributed by atoms with E-state index in [0.29, 0.717) is 11.3 Å². The van der Waals surface area contributed by atoms with Crippen LogP contribution in [0.3, 0.4) is 0 Å². The van der Waals surface area contributed by atoms with E-state index in [1.807, 2.05) is 32.0 Å². The van der Waals surface area contributed by atoms with E-state index in [4.69, 9.17) is 0 Å². The van der Waals surface area contributed by atoms with E-state index in [0.717, 1.165) is 11.1 Å². The SMILES string of the molecule is Cc1ccc(NC(=O)Cn2cnc3c(nnn3Cc3ccccc3F)c2=O)c(C)c1. The molecule has 0 radical (unpaired) electrons. The lowest BCUT2D eigenvalue weighted by molar-refractivity contribution is -0.116. The molecule has 0 spiro atoms. The first-order valence-corrected chi connectivity index (χ1v) is 9.31. The number of fused-ring (bicyclic) bond motifs is 1. The van der Waals surface area contributed by atoms with Crippen LogP contribution in [0.2, 0.25) is 0 Å². The fourth-order valence-electron chi connectivity index (χ4n) is 3.19. The van der Waals surface area contributed by atoms with Crippen molar-refractivity contribution >= 4 is 22.8 Å². The summed E-state index contributed by atoms with van der Waals surface area (Å²) >= 11 is 0. The molecular formula is C21H19FN6O2. The van der Waals surface area contributed by atoms with E-state index in [1.54, 1.807) is 18.2 Å². The van der Waals surface area contributed by atoms with Gasteiger partial charge in [0.2, 0.25) is 5.91 Å². The van der Waals surface area contributed by atoms with Crippen LogP contribution in [0, 0.1) is 19.7 Å². The first kappa shape index (κ1) is 19.4. The Hall–Kier alpha value is -3.88. The third-order valence-electron chi connectivity index (χ3n) is 4.74. The van der Waals surface area contributed by atoms with Crippen LogP contribution in [0.15, 0.2) is 53.6 Å². The number of anilines is 1. The van der Waals surface area contributed by atoms with E-state index in [9.17, 15) is 14.0 Å². The summed E-state index contributed by atoms with van der Waals surface area (Å²) in [6.07, 6.45) is 1.27. The molecule has 1 N–H and O–H groups in total. The highest BCUT2D eigenvalue weighted by molar-refractivity contribution is 5.91. The van der Waals surface area contributed by atoms with Crippen molar-refractivity contribution in [3.05, 3.63) is 81.7 Å². The van der Waals surface area contributed by atoms with Crippen LogP contribution < -0.4 is 10.9 Å². The third-order valence-corrected chi connectivity index (χ3v) is 4.74. The molecule has 30 heavy (non-hydrogen) atoms. The van der Waals surface area contributed by atoms with Crippen LogP contribution in [0.5, 0.6) is 0 Å². The van der Waals surface area contributed by atoms with Crippen molar-refractivity contribution in [2.45, 2.75) is 26.9 Å². The van der Waals surface area contributed by atoms with Crippen molar-refractivity contribution in [1.29, 1.82) is 0 Å². The number of nitrogens with one attached hydrogen (secondary N) is 1. The molecule has 0 atom stereocenters. The predicted octanol–water partition coefficient (Wildman–Crippen LogP) is 2.43. The van der Waals surface area contributed by atoms with Gasteiger partial charge in [0, 0.05) is 11.3 Å². The Bertz CT molecular complexity index is 1310. The van der Waals surface area contributed by atoms with Gasteiger partial charge in [-0.3, -0.25) is 14.2 Å². The number of aryl methyl sites for hydroxylation is 2. The Labute approximate surface area is 171 Å². The van der Waals surface area contributed by atoms with Crippen molar-refractivity contribution < 1.29 is 9.18 Å². The number of hydrogen-bond donors (Lipinski definition) is 1. The number of halogens is 1. The van der Waals surface area contributed by atoms with Gasteiger partial charge in [-0.15, -0.1) is 5.10 Å². The lowest BCUT2D eigenvalue weighted by atomic mass is 10.1. The van der Waals surface area contributed by atoms with Gasteiger partial charge < -0.3 is 5.32 Å². The van der Waals surface area contributed by atoms with Crippen molar-refractivity contribution in [1.82, 2.24) is 24.5 Å². The van der Waals surface area contributed by atoms with Crippen LogP contribution in [0.1, 0.15) is 16.7 Å². The summed E-state index contributed by atoms with van der Waals surface area (Å²) in [5, 5.41) is 10.6. The summed E-state index contributed by atoms with van der Waals surface area (Å²) in [7, 11) is 0. The number of carbonyl (C=O) groups excluding carboxylic acids is 1. The minimum atomic E-state index is -0.490. The van der Waals surface area contributed by atoms with Crippen molar-refractivity contribution in [3.8, 4) is 0 Å². The molecule has 4 rings (SSSR count). The molecular weight excluding hydrogens is 387 g/mol. The van der Waals surface area contributed by atoms with Gasteiger partial charge in [-0.05, 0) is 31.5 Å². The second-order valence-corrected chi connectivity index (χ2v) is 7.05. The molecule has 0 unspecified atom stereocenters. The normalized spacial score (nSPS) is 11.0. The molecule has 152 valence electrons. The molecule has 0 aliphatic rings. The third kappa shape index (κ3) is 3.82. The fraction of sp³-hybridized carbons (Fsp3) is 0.190. The second-order valence-electron chi connectivity index (χ2n) is 7.05. The Morgan fingerprint density at radius 1 is 1.17 bits per heavy atom. The molecule has 8 nitrogen and oxygen atoms in total. The van der Waals surface area contributed by atoms with Gasteiger partial charge >= 0.3 is 0 Å². The van der Waals surface area contributed by atoms with E-state index >= 15 is 0 Å². The lowest BCUT2D eigenvalue weighted by Crippen LogP contribution is -2.28. The van der Waals surface area contributed by atoms with E-state index < -0.39 is 5.56 Å². The number of carbonyl (C=O) groups is 1. The summed E-state index contributed by atoms with van der Waals surface area (Å²) in [6.45, 7) is 3.75. The highest BCUT2D eigenvalue weighted by Gasteiger charge is 2.15. The number of amides is 1. The zero-order valence-electron chi connectivity index (χ0n) is 16.5. The number of benzene rings is 2. The second kappa shape index (κ2) is 7.86. The first-order chi connectivity index (χ1) is 14.4. The topological polar surface area (TPSA) is 94.7 Å². The summed E-state index contributed by atoms with van der Waals surface area (Å²) in [5.41, 5.74) is 2.87. The molecule has 0 aliphatic heterocycles. The molecule has 2 aromatic carbocycles. The van der Waals surface area contributed by atoms with Gasteiger partial charge in [-0.25, -0.2) is 14.1 Å². The highest BCUT2D eigenvalue weighted by Crippen LogP contribution is 2.16. The van der Waals surface area contributed by atoms with Gasteiger partial charge in [-0.1, -0.05) is 41.1 Å². The number of hydrogen-bond acceptors (Lipinski definition) is 5. The summed E-state index contributed by atoms with van der Waals surface area (Å²) < 4.78 is 16.4. The van der Waals surface area contributed by atoms with Crippen LogP contribution >= 0.6 is 0 Å². The number of rotatable bonds is 5. The monoisotopic (exact) mass is 406 g/mol. The van der Waals surface area contributed by atoms with E-state index in [2.05, 4.69) is 20.6 Å². The van der Waals surface area contributed by atoms with Crippen molar-refractivity contribution in [2.75, 3.05) is 5.32 Å². The minimum Gasteiger partial charge on any atom is -0.324 e. The minimum absolute atomic E-state index is 0.0214. The highest BCUT2D eigenvalue weighted by atomic mass is 19.1. The van der Waals surface area contributed by atoms with Crippen molar-refractivity contribution in [3.63, 3.8) is 0 Å². The summed E-state index contributed by atoms with van der Waals surface area (Å²) in [5.74, 6) is -0.735. The Morgan fingerprint density at radius 3 is 2.73 bits per heavy atom. The average molecular weight is 406 g/mol. The maximum Gasteiger partial charge on any atom is 0.283 e. The van der Waals surface area contributed by atoms with Gasteiger partial charge in [0.15, 0.2) is 11.2 Å². The van der Waals surface area contributed by atoms with Crippen LogP contribution in [0.4, 0.5) is 10.1 Å². The lowest BCUT2D eigenvalue weighted by Gasteiger charge is -2.10. The maximum absolute atomic E-state index is 13.9. The zero-order chi connectivity index (χ0) is 21.3. The quantitative estimate of drug-likeness (QED) is 0.549. The zero-order valence-corrected chi connectivity index (χ0v) is 16.5. The van der Waals surface area contributed by atoms with Gasteiger partial charge in [0.25, 0.3) is 5.56 Å². The average Bonchev–Trinajstić information content (AvgIpc) is 3.12. The van der Waals surface area contributed by atoms with Crippen LogP contribution in [-0.4, -0.2) is 30.5 Å². The number of aromatic nitrogens is 5. The summed E-state index contributed by atoms with van der Waals surface area (Å²) in [4.78, 5) is 29.3. The Kier molecular flexibility index (Phi) is 5.09. The van der Waals surface area contributed by atoms with E-state index in [-0.39, 0.29) is 36.0 Å². The summed E-state index contributed by atoms with van der Waals surface area (Å²) in [6, 6.07) is 12.0. The van der Waals surface area contributed by atoms with Crippen LogP contribution in [0.25, 0.3) is 11.2 Å². The fourth-order valence-corrected chi connectivity index (χ4v) is 3.19. The van der Waals surface area contributed by atoms with Gasteiger partial charge in [0.05, 0.1) is 6.54 Å². The first-order valence-electron chi connectivity index (χ1n) is 9.31. The largest absolute Gasteiger partial charge is 0.324 e. The molecule has 0 fully saturated rings. The molecule has 0 saturated carbocycles. The molecule has 0 saturated heterocycles. The molecule has 9 heteroatoms. The van der Waals surface area contributed by atoms with Crippen molar-refractivity contribution in [2.24, 2.45) is 0 Å². The predicted molar refractivity (Wildman–Crippen MR) is 110 cm³/mol. The van der Waals surface area contributed by atoms with Gasteiger partial charge in [-0.2, -0.15) is 0 Å². The maximum atomic E-state index is 13.9. The van der Waals surface area contributed by atoms with E-state index in [1.165, 1.54) is 21.6 Å². The van der Waals surface area contributed by atoms with Gasteiger partial charge in [0.1, 0.15) is 18.7 Å². The molecule has 0 aliphatic carbocycles. The molecule has 0 bridgehead atoms.